The zero-order chi connectivity index (χ0) is 22.8. The fourth-order valence-electron chi connectivity index (χ4n) is 3.29. The van der Waals surface area contributed by atoms with E-state index in [1.165, 1.54) is 0 Å². The van der Waals surface area contributed by atoms with Crippen molar-refractivity contribution in [2.75, 3.05) is 13.7 Å². The van der Waals surface area contributed by atoms with Crippen LogP contribution in [0.3, 0.4) is 0 Å². The van der Waals surface area contributed by atoms with E-state index in [0.29, 0.717) is 24.5 Å². The first-order valence-electron chi connectivity index (χ1n) is 10.8. The van der Waals surface area contributed by atoms with Crippen LogP contribution in [0, 0.1) is 6.92 Å². The normalized spacial score (nSPS) is 12.5. The number of benzene rings is 2. The lowest BCUT2D eigenvalue weighted by Gasteiger charge is -2.31. The minimum Gasteiger partial charge on any atom is -0.493 e. The summed E-state index contributed by atoms with van der Waals surface area (Å²) >= 11 is 0. The van der Waals surface area contributed by atoms with Crippen molar-refractivity contribution >= 4 is 11.8 Å². The molecular formula is C25H34N2O4. The Morgan fingerprint density at radius 3 is 2.26 bits per heavy atom. The quantitative estimate of drug-likeness (QED) is 0.587. The second-order valence-corrected chi connectivity index (χ2v) is 7.63. The van der Waals surface area contributed by atoms with E-state index in [1.807, 2.05) is 64.1 Å². The average molecular weight is 427 g/mol. The Kier molecular flexibility index (Phi) is 9.38. The molecule has 0 fully saturated rings. The lowest BCUT2D eigenvalue weighted by Crippen LogP contribution is -2.51. The Labute approximate surface area is 185 Å². The summed E-state index contributed by atoms with van der Waals surface area (Å²) in [5, 5.41) is 3.01. The molecule has 2 atom stereocenters. The summed E-state index contributed by atoms with van der Waals surface area (Å²) in [6.45, 7) is 8.06. The molecule has 31 heavy (non-hydrogen) atoms. The highest BCUT2D eigenvalue weighted by Crippen LogP contribution is 2.26. The molecule has 0 radical (unpaired) electrons. The van der Waals surface area contributed by atoms with Gasteiger partial charge in [0.25, 0.3) is 5.91 Å². The monoisotopic (exact) mass is 426 g/mol. The topological polar surface area (TPSA) is 67.9 Å². The fraction of sp³-hybridized carbons (Fsp3) is 0.440. The number of rotatable bonds is 11. The number of amides is 2. The van der Waals surface area contributed by atoms with Crippen LogP contribution in [0.4, 0.5) is 0 Å². The zero-order valence-corrected chi connectivity index (χ0v) is 19.2. The van der Waals surface area contributed by atoms with Crippen LogP contribution < -0.4 is 14.8 Å². The van der Waals surface area contributed by atoms with Gasteiger partial charge in [0.05, 0.1) is 7.11 Å². The summed E-state index contributed by atoms with van der Waals surface area (Å²) in [4.78, 5) is 27.9. The Bertz CT molecular complexity index is 868. The predicted octanol–water partition coefficient (Wildman–Crippen LogP) is 4.10. The summed E-state index contributed by atoms with van der Waals surface area (Å²) in [5.41, 5.74) is 2.08. The van der Waals surface area contributed by atoms with E-state index in [0.717, 1.165) is 17.5 Å². The molecule has 0 spiro atoms. The molecule has 6 nitrogen and oxygen atoms in total. The van der Waals surface area contributed by atoms with Crippen molar-refractivity contribution in [1.29, 1.82) is 0 Å². The minimum atomic E-state index is -0.581. The lowest BCUT2D eigenvalue weighted by atomic mass is 10.1. The molecule has 2 aromatic carbocycles. The molecule has 0 aromatic heterocycles. The third-order valence-electron chi connectivity index (χ3n) is 5.41. The van der Waals surface area contributed by atoms with E-state index in [9.17, 15) is 9.59 Å². The van der Waals surface area contributed by atoms with Crippen molar-refractivity contribution in [2.24, 2.45) is 0 Å². The van der Waals surface area contributed by atoms with Gasteiger partial charge in [0.15, 0.2) is 18.1 Å². The highest BCUT2D eigenvalue weighted by atomic mass is 16.5. The van der Waals surface area contributed by atoms with Crippen molar-refractivity contribution in [3.05, 3.63) is 59.7 Å². The van der Waals surface area contributed by atoms with Crippen LogP contribution in [0.5, 0.6) is 11.5 Å². The van der Waals surface area contributed by atoms with Crippen molar-refractivity contribution in [3.8, 4) is 11.5 Å². The van der Waals surface area contributed by atoms with Gasteiger partial charge in [-0.25, -0.2) is 0 Å². The molecule has 0 aliphatic heterocycles. The van der Waals surface area contributed by atoms with Crippen LogP contribution >= 0.6 is 0 Å². The van der Waals surface area contributed by atoms with Gasteiger partial charge in [-0.15, -0.1) is 0 Å². The standard InChI is InChI=1S/C25H34N2O4/c1-6-19(4)26-25(29)21(7-2)27(16-20-13-9-8-12-18(20)3)24(28)17-31-23-15-11-10-14-22(23)30-5/h8-15,19,21H,6-7,16-17H2,1-5H3,(H,26,29). The summed E-state index contributed by atoms with van der Waals surface area (Å²) in [5.74, 6) is 0.657. The van der Waals surface area contributed by atoms with E-state index in [4.69, 9.17) is 9.47 Å². The molecule has 0 aliphatic rings. The Balaban J connectivity index is 2.25. The maximum Gasteiger partial charge on any atom is 0.261 e. The SMILES string of the molecule is CCC(C)NC(=O)C(CC)N(Cc1ccccc1C)C(=O)COc1ccccc1OC. The third-order valence-corrected chi connectivity index (χ3v) is 5.41. The van der Waals surface area contributed by atoms with Crippen LogP contribution in [-0.4, -0.2) is 42.5 Å². The Morgan fingerprint density at radius 2 is 1.65 bits per heavy atom. The number of para-hydroxylation sites is 2. The van der Waals surface area contributed by atoms with Gasteiger partial charge in [-0.2, -0.15) is 0 Å². The smallest absolute Gasteiger partial charge is 0.261 e. The molecule has 1 N–H and O–H groups in total. The van der Waals surface area contributed by atoms with Gasteiger partial charge in [-0.05, 0) is 49.9 Å². The molecule has 0 saturated carbocycles. The third kappa shape index (κ3) is 6.74. The molecule has 0 bridgehead atoms. The number of nitrogens with one attached hydrogen (secondary N) is 1. The van der Waals surface area contributed by atoms with Gasteiger partial charge < -0.3 is 19.7 Å². The molecule has 6 heteroatoms. The molecule has 2 rings (SSSR count). The average Bonchev–Trinajstić information content (AvgIpc) is 2.78. The van der Waals surface area contributed by atoms with Gasteiger partial charge in [-0.1, -0.05) is 50.2 Å². The number of ether oxygens (including phenoxy) is 2. The molecular weight excluding hydrogens is 392 g/mol. The number of aryl methyl sites for hydroxylation is 1. The molecule has 0 aliphatic carbocycles. The largest absolute Gasteiger partial charge is 0.493 e. The van der Waals surface area contributed by atoms with Gasteiger partial charge in [0.2, 0.25) is 5.91 Å². The van der Waals surface area contributed by atoms with Crippen LogP contribution in [0.2, 0.25) is 0 Å². The number of hydrogen-bond donors (Lipinski definition) is 1. The number of hydrogen-bond acceptors (Lipinski definition) is 4. The number of methoxy groups -OCH3 is 1. The van der Waals surface area contributed by atoms with Crippen molar-refractivity contribution in [2.45, 2.75) is 59.2 Å². The molecule has 168 valence electrons. The van der Waals surface area contributed by atoms with E-state index in [-0.39, 0.29) is 24.5 Å². The first-order valence-corrected chi connectivity index (χ1v) is 10.8. The van der Waals surface area contributed by atoms with Gasteiger partial charge >= 0.3 is 0 Å². The van der Waals surface area contributed by atoms with E-state index < -0.39 is 6.04 Å². The Hall–Kier alpha value is -3.02. The maximum atomic E-state index is 13.3. The van der Waals surface area contributed by atoms with Crippen LogP contribution in [0.25, 0.3) is 0 Å². The molecule has 2 unspecified atom stereocenters. The first-order chi connectivity index (χ1) is 14.9. The van der Waals surface area contributed by atoms with Crippen molar-refractivity contribution in [1.82, 2.24) is 10.2 Å². The molecule has 2 amide bonds. The highest BCUT2D eigenvalue weighted by Gasteiger charge is 2.30. The summed E-state index contributed by atoms with van der Waals surface area (Å²) in [7, 11) is 1.56. The number of carbonyl (C=O) groups excluding carboxylic acids is 2. The summed E-state index contributed by atoms with van der Waals surface area (Å²) in [6, 6.07) is 14.5. The molecule has 2 aromatic rings. The van der Waals surface area contributed by atoms with Gasteiger partial charge in [0.1, 0.15) is 6.04 Å². The van der Waals surface area contributed by atoms with Crippen molar-refractivity contribution in [3.63, 3.8) is 0 Å². The number of carbonyl (C=O) groups is 2. The Morgan fingerprint density at radius 1 is 1.00 bits per heavy atom. The minimum absolute atomic E-state index is 0.0433. The van der Waals surface area contributed by atoms with E-state index >= 15 is 0 Å². The maximum absolute atomic E-state index is 13.3. The zero-order valence-electron chi connectivity index (χ0n) is 19.2. The van der Waals surface area contributed by atoms with Crippen LogP contribution in [0.15, 0.2) is 48.5 Å². The van der Waals surface area contributed by atoms with Gasteiger partial charge in [0, 0.05) is 12.6 Å². The molecule has 0 saturated heterocycles. The van der Waals surface area contributed by atoms with Crippen LogP contribution in [-0.2, 0) is 16.1 Å². The van der Waals surface area contributed by atoms with E-state index in [2.05, 4.69) is 5.32 Å². The second-order valence-electron chi connectivity index (χ2n) is 7.63. The number of nitrogens with zero attached hydrogens (tertiary/aromatic N) is 1. The van der Waals surface area contributed by atoms with Gasteiger partial charge in [-0.3, -0.25) is 9.59 Å². The summed E-state index contributed by atoms with van der Waals surface area (Å²) < 4.78 is 11.1. The fourth-order valence-corrected chi connectivity index (χ4v) is 3.29. The summed E-state index contributed by atoms with van der Waals surface area (Å²) in [6.07, 6.45) is 1.33. The van der Waals surface area contributed by atoms with Crippen LogP contribution in [0.1, 0.15) is 44.7 Å². The van der Waals surface area contributed by atoms with E-state index in [1.54, 1.807) is 24.1 Å². The molecule has 0 heterocycles. The highest BCUT2D eigenvalue weighted by molar-refractivity contribution is 5.88. The second kappa shape index (κ2) is 12.0. The lowest BCUT2D eigenvalue weighted by molar-refractivity contribution is -0.143. The van der Waals surface area contributed by atoms with Crippen molar-refractivity contribution < 1.29 is 19.1 Å². The first kappa shape index (κ1) is 24.3. The predicted molar refractivity (Wildman–Crippen MR) is 122 cm³/mol.